The van der Waals surface area contributed by atoms with E-state index in [1.807, 2.05) is 48.5 Å². The van der Waals surface area contributed by atoms with Gasteiger partial charge in [-0.25, -0.2) is 0 Å². The number of carbonyl (C=O) groups is 3. The minimum Gasteiger partial charge on any atom is -0.481 e. The Morgan fingerprint density at radius 2 is 1.48 bits per heavy atom. The topological polar surface area (TPSA) is 161 Å². The second-order valence-corrected chi connectivity index (χ2v) is 14.6. The number of carbonyl (C=O) groups excluding carboxylic acids is 2. The number of rotatable bonds is 22. The van der Waals surface area contributed by atoms with Crippen LogP contribution in [-0.4, -0.2) is 99.0 Å². The highest BCUT2D eigenvalue weighted by Gasteiger charge is 2.23. The van der Waals surface area contributed by atoms with Crippen LogP contribution in [0.15, 0.2) is 79.0 Å². The third kappa shape index (κ3) is 12.9. The number of anilines is 2. The number of aliphatic carboxylic acids is 1. The number of fused-ring (bicyclic) bond motifs is 1. The van der Waals surface area contributed by atoms with E-state index in [2.05, 4.69) is 37.9 Å². The van der Waals surface area contributed by atoms with Gasteiger partial charge in [0.15, 0.2) is 0 Å². The van der Waals surface area contributed by atoms with Crippen LogP contribution in [0.3, 0.4) is 0 Å². The molecule has 0 saturated carbocycles. The molecule has 1 aromatic heterocycles. The van der Waals surface area contributed by atoms with Crippen LogP contribution in [0.1, 0.15) is 88.4 Å². The first-order chi connectivity index (χ1) is 28.4. The van der Waals surface area contributed by atoms with Crippen molar-refractivity contribution in [2.24, 2.45) is 0 Å². The van der Waals surface area contributed by atoms with Gasteiger partial charge in [0.1, 0.15) is 0 Å². The Hall–Kier alpha value is -5.21. The second-order valence-electron chi connectivity index (χ2n) is 14.6. The van der Waals surface area contributed by atoms with E-state index in [4.69, 9.17) is 24.1 Å². The zero-order valence-corrected chi connectivity index (χ0v) is 33.2. The quantitative estimate of drug-likeness (QED) is 0.0730. The summed E-state index contributed by atoms with van der Waals surface area (Å²) in [6.45, 7) is 5.16. The minimum absolute atomic E-state index is 0.0167. The standard InChI is InChI=1S/C45H55N5O8/c51-43(52)18-22-56-24-26-58-28-27-57-25-23-55-21-8-10-33-9-6-13-35(29-33)44(53)48-41-17-16-37(50-19-4-1-5-20-50)31-39(41)42-30-36(32-46-49-42)45(54)47-40-15-7-12-34-11-2-3-14-38(34)40/h2-3,6,9,11,13-14,16-17,29-32,40H,1,4-5,7-8,10,12,15,18-28H2,(H,47,54)(H,48,53)(H,51,52)/t40-/m0/s1. The molecule has 0 spiro atoms. The molecule has 13 nitrogen and oxygen atoms in total. The molecule has 58 heavy (non-hydrogen) atoms. The fourth-order valence-electron chi connectivity index (χ4n) is 7.33. The maximum Gasteiger partial charge on any atom is 0.305 e. The number of piperidine rings is 1. The van der Waals surface area contributed by atoms with E-state index < -0.39 is 5.97 Å². The predicted octanol–water partition coefficient (Wildman–Crippen LogP) is 6.67. The molecule has 6 rings (SSSR count). The number of carboxylic acids is 1. The molecule has 2 aliphatic rings. The van der Waals surface area contributed by atoms with Gasteiger partial charge in [-0.2, -0.15) is 10.2 Å². The molecule has 1 aliphatic heterocycles. The number of nitrogens with one attached hydrogen (secondary N) is 2. The largest absolute Gasteiger partial charge is 0.481 e. The van der Waals surface area contributed by atoms with Crippen LogP contribution in [0.5, 0.6) is 0 Å². The van der Waals surface area contributed by atoms with Gasteiger partial charge in [0.25, 0.3) is 11.8 Å². The van der Waals surface area contributed by atoms with Crippen LogP contribution >= 0.6 is 0 Å². The fourth-order valence-corrected chi connectivity index (χ4v) is 7.33. The summed E-state index contributed by atoms with van der Waals surface area (Å²) in [4.78, 5) is 40.2. The Balaban J connectivity index is 1.02. The highest BCUT2D eigenvalue weighted by molar-refractivity contribution is 6.06. The first-order valence-corrected chi connectivity index (χ1v) is 20.5. The van der Waals surface area contributed by atoms with E-state index in [-0.39, 0.29) is 30.9 Å². The van der Waals surface area contributed by atoms with Gasteiger partial charge < -0.3 is 39.6 Å². The van der Waals surface area contributed by atoms with Gasteiger partial charge in [-0.15, -0.1) is 0 Å². The minimum atomic E-state index is -0.883. The molecule has 1 atom stereocenters. The van der Waals surface area contributed by atoms with E-state index in [0.29, 0.717) is 74.3 Å². The predicted molar refractivity (Wildman–Crippen MR) is 221 cm³/mol. The van der Waals surface area contributed by atoms with E-state index in [1.54, 1.807) is 12.1 Å². The molecule has 0 bridgehead atoms. The van der Waals surface area contributed by atoms with Crippen molar-refractivity contribution in [2.75, 3.05) is 76.2 Å². The van der Waals surface area contributed by atoms with Gasteiger partial charge in [0.05, 0.1) is 81.9 Å². The first kappa shape index (κ1) is 42.4. The Bertz CT molecular complexity index is 1950. The SMILES string of the molecule is O=C(O)CCOCCOCCOCCOCCCc1cccc(C(=O)Nc2ccc(N3CCCCC3)cc2-c2cc(C(=O)N[C@H]3CCCc4ccccc43)cnn2)c1. The number of nitrogens with zero attached hydrogens (tertiary/aromatic N) is 3. The molecule has 2 heterocycles. The highest BCUT2D eigenvalue weighted by atomic mass is 16.6. The van der Waals surface area contributed by atoms with Crippen molar-refractivity contribution in [3.8, 4) is 11.3 Å². The maximum atomic E-state index is 13.8. The molecule has 13 heteroatoms. The molecule has 4 aromatic rings. The average Bonchev–Trinajstić information content (AvgIpc) is 3.25. The van der Waals surface area contributed by atoms with Crippen molar-refractivity contribution >= 4 is 29.2 Å². The van der Waals surface area contributed by atoms with E-state index >= 15 is 0 Å². The number of carboxylic acid groups (broad SMARTS) is 1. The van der Waals surface area contributed by atoms with Crippen molar-refractivity contribution in [2.45, 2.75) is 63.8 Å². The number of hydrogen-bond acceptors (Lipinski definition) is 10. The third-order valence-corrected chi connectivity index (χ3v) is 10.4. The molecule has 308 valence electrons. The lowest BCUT2D eigenvalue weighted by atomic mass is 9.87. The van der Waals surface area contributed by atoms with Crippen molar-refractivity contribution in [1.82, 2.24) is 15.5 Å². The molecular formula is C45H55N5O8. The Morgan fingerprint density at radius 1 is 0.741 bits per heavy atom. The van der Waals surface area contributed by atoms with Crippen LogP contribution in [0, 0.1) is 0 Å². The number of hydrogen-bond donors (Lipinski definition) is 3. The summed E-state index contributed by atoms with van der Waals surface area (Å²) in [5.41, 5.74) is 7.27. The van der Waals surface area contributed by atoms with Gasteiger partial charge >= 0.3 is 5.97 Å². The highest BCUT2D eigenvalue weighted by Crippen LogP contribution is 2.34. The molecular weight excluding hydrogens is 739 g/mol. The van der Waals surface area contributed by atoms with Crippen LogP contribution in [0.4, 0.5) is 11.4 Å². The van der Waals surface area contributed by atoms with Crippen LogP contribution < -0.4 is 15.5 Å². The van der Waals surface area contributed by atoms with E-state index in [0.717, 1.165) is 69.3 Å². The summed E-state index contributed by atoms with van der Waals surface area (Å²) >= 11 is 0. The molecule has 1 fully saturated rings. The first-order valence-electron chi connectivity index (χ1n) is 20.5. The van der Waals surface area contributed by atoms with Crippen LogP contribution in [-0.2, 0) is 36.6 Å². The van der Waals surface area contributed by atoms with Gasteiger partial charge in [0.2, 0.25) is 0 Å². The van der Waals surface area contributed by atoms with Crippen LogP contribution in [0.2, 0.25) is 0 Å². The summed E-state index contributed by atoms with van der Waals surface area (Å²) in [7, 11) is 0. The van der Waals surface area contributed by atoms with Crippen molar-refractivity contribution < 1.29 is 38.4 Å². The second kappa shape index (κ2) is 22.7. The van der Waals surface area contributed by atoms with Gasteiger partial charge in [-0.3, -0.25) is 14.4 Å². The summed E-state index contributed by atoms with van der Waals surface area (Å²) in [5, 5.41) is 23.7. The number of aromatic nitrogens is 2. The van der Waals surface area contributed by atoms with E-state index in [1.165, 1.54) is 23.7 Å². The lowest BCUT2D eigenvalue weighted by Gasteiger charge is -2.29. The van der Waals surface area contributed by atoms with Crippen molar-refractivity contribution in [3.63, 3.8) is 0 Å². The number of ether oxygens (including phenoxy) is 4. The number of benzene rings is 3. The Kier molecular flexibility index (Phi) is 16.6. The lowest BCUT2D eigenvalue weighted by Crippen LogP contribution is -2.31. The summed E-state index contributed by atoms with van der Waals surface area (Å²) in [6.07, 6.45) is 9.38. The van der Waals surface area contributed by atoms with Gasteiger partial charge in [0, 0.05) is 36.5 Å². The Morgan fingerprint density at radius 3 is 2.26 bits per heavy atom. The fraction of sp³-hybridized carbons (Fsp3) is 0.444. The Labute approximate surface area is 340 Å². The molecule has 2 amide bonds. The average molecular weight is 794 g/mol. The van der Waals surface area contributed by atoms with Gasteiger partial charge in [-0.05, 0) is 104 Å². The lowest BCUT2D eigenvalue weighted by molar-refractivity contribution is -0.138. The summed E-state index contributed by atoms with van der Waals surface area (Å²) in [5.74, 6) is -1.33. The number of amides is 2. The zero-order valence-electron chi connectivity index (χ0n) is 33.2. The normalized spacial score (nSPS) is 15.1. The van der Waals surface area contributed by atoms with Crippen molar-refractivity contribution in [3.05, 3.63) is 107 Å². The van der Waals surface area contributed by atoms with Gasteiger partial charge in [-0.1, -0.05) is 36.4 Å². The zero-order chi connectivity index (χ0) is 40.4. The van der Waals surface area contributed by atoms with Crippen molar-refractivity contribution in [1.29, 1.82) is 0 Å². The third-order valence-electron chi connectivity index (χ3n) is 10.4. The molecule has 3 N–H and O–H groups in total. The molecule has 1 saturated heterocycles. The monoisotopic (exact) mass is 793 g/mol. The summed E-state index contributed by atoms with van der Waals surface area (Å²) < 4.78 is 21.8. The molecule has 0 unspecified atom stereocenters. The molecule has 3 aromatic carbocycles. The molecule has 1 aliphatic carbocycles. The number of aryl methyl sites for hydroxylation is 2. The molecule has 0 radical (unpaired) electrons. The smallest absolute Gasteiger partial charge is 0.305 e. The maximum absolute atomic E-state index is 13.8. The van der Waals surface area contributed by atoms with E-state index in [9.17, 15) is 14.4 Å². The van der Waals surface area contributed by atoms with Crippen LogP contribution in [0.25, 0.3) is 11.3 Å². The summed E-state index contributed by atoms with van der Waals surface area (Å²) in [6, 6.07) is 23.6.